The fourth-order valence-electron chi connectivity index (χ4n) is 4.68. The number of allylic oxidation sites excluding steroid dienone is 3. The van der Waals surface area contributed by atoms with E-state index in [-0.39, 0.29) is 6.07 Å². The number of amidine groups is 2. The van der Waals surface area contributed by atoms with Gasteiger partial charge in [0, 0.05) is 6.07 Å². The van der Waals surface area contributed by atoms with E-state index in [0.717, 1.165) is 0 Å². The molecule has 7 rings (SSSR count). The molecule has 0 saturated carbocycles. The van der Waals surface area contributed by atoms with E-state index in [2.05, 4.69) is 39.9 Å². The molecule has 2 N–H and O–H groups in total. The van der Waals surface area contributed by atoms with E-state index in [1.807, 2.05) is 0 Å². The zero-order chi connectivity index (χ0) is 38.3. The second-order valence-electron chi connectivity index (χ2n) is 10.3. The highest BCUT2D eigenvalue weighted by molar-refractivity contribution is 6.43. The van der Waals surface area contributed by atoms with Crippen LogP contribution in [0, 0.1) is 51.7 Å². The Morgan fingerprint density at radius 1 is 0.642 bits per heavy atom. The van der Waals surface area contributed by atoms with Crippen molar-refractivity contribution in [3.8, 4) is 23.9 Å². The molecule has 4 aromatic rings. The number of oxazole rings is 1. The fraction of sp³-hybridized carbons (Fsp3) is 0.0714. The second-order valence-corrected chi connectivity index (χ2v) is 10.3. The van der Waals surface area contributed by atoms with Crippen molar-refractivity contribution in [3.05, 3.63) is 92.4 Å². The molecule has 2 aromatic carbocycles. The van der Waals surface area contributed by atoms with Crippen LogP contribution >= 0.6 is 0 Å². The molecule has 3 aliphatic rings. The molecule has 0 aliphatic carbocycles. The third-order valence-corrected chi connectivity index (χ3v) is 7.01. The van der Waals surface area contributed by atoms with E-state index in [4.69, 9.17) is 4.42 Å². The van der Waals surface area contributed by atoms with Gasteiger partial charge in [-0.05, 0) is 6.07 Å². The number of aromatic nitrogens is 4. The maximum atomic E-state index is 14.5. The van der Waals surface area contributed by atoms with Gasteiger partial charge in [0.05, 0.1) is 16.3 Å². The highest BCUT2D eigenvalue weighted by Crippen LogP contribution is 2.34. The van der Waals surface area contributed by atoms with Crippen molar-refractivity contribution in [2.75, 3.05) is 0 Å². The Balaban J connectivity index is 1.45. The molecule has 0 fully saturated rings. The Hall–Kier alpha value is -7.18. The van der Waals surface area contributed by atoms with Crippen molar-refractivity contribution in [3.63, 3.8) is 0 Å². The third-order valence-electron chi connectivity index (χ3n) is 7.01. The number of fused-ring (bicyclic) bond motifs is 3. The lowest BCUT2D eigenvalue weighted by Crippen LogP contribution is -2.47. The first kappa shape index (κ1) is 34.3. The molecule has 5 heterocycles. The largest absolute Gasteiger partial charge is 0.435 e. The number of hydrogen-bond acceptors (Lipinski definition) is 13. The highest BCUT2D eigenvalue weighted by atomic mass is 19.4. The molecule has 266 valence electrons. The molecule has 0 saturated heterocycles. The summed E-state index contributed by atoms with van der Waals surface area (Å²) in [5, 5.41) is 22.3. The molecule has 0 atom stereocenters. The SMILES string of the molecule is N#C/C(=C1\N=C2NC(F)=C(C(F)(F)F)NC2=N1)c1nc(/C(C#N)=C2/N=c3cc(F)c(C(F)(F)F)cc3=N2)nc(-c2nc3c(F)c(F)c(F)c(F)c3o2)n1. The van der Waals surface area contributed by atoms with Crippen LogP contribution in [0.2, 0.25) is 0 Å². The Bertz CT molecular complexity index is 2700. The van der Waals surface area contributed by atoms with Crippen LogP contribution in [0.1, 0.15) is 17.2 Å². The van der Waals surface area contributed by atoms with Gasteiger partial charge in [-0.15, -0.1) is 0 Å². The van der Waals surface area contributed by atoms with Crippen LogP contribution in [0.5, 0.6) is 0 Å². The fourth-order valence-corrected chi connectivity index (χ4v) is 4.68. The topological polar surface area (TPSA) is 186 Å². The van der Waals surface area contributed by atoms with Gasteiger partial charge in [-0.2, -0.15) is 45.6 Å². The van der Waals surface area contributed by atoms with Gasteiger partial charge in [-0.25, -0.2) is 57.5 Å². The quantitative estimate of drug-likeness (QED) is 0.100. The van der Waals surface area contributed by atoms with Gasteiger partial charge in [0.1, 0.15) is 29.1 Å². The van der Waals surface area contributed by atoms with E-state index < -0.39 is 138 Å². The molecular formula is C28H4F12N12O. The van der Waals surface area contributed by atoms with Crippen molar-refractivity contribution >= 4 is 33.9 Å². The first-order chi connectivity index (χ1) is 24.9. The summed E-state index contributed by atoms with van der Waals surface area (Å²) in [4.78, 5) is 30.1. The maximum absolute atomic E-state index is 14.5. The van der Waals surface area contributed by atoms with Crippen molar-refractivity contribution in [1.29, 1.82) is 10.5 Å². The van der Waals surface area contributed by atoms with E-state index in [1.165, 1.54) is 12.1 Å². The monoisotopic (exact) mass is 752 g/mol. The van der Waals surface area contributed by atoms with E-state index >= 15 is 0 Å². The number of halogens is 12. The van der Waals surface area contributed by atoms with Crippen LogP contribution in [-0.4, -0.2) is 37.8 Å². The molecule has 3 aliphatic heterocycles. The molecule has 13 nitrogen and oxygen atoms in total. The molecule has 0 unspecified atom stereocenters. The van der Waals surface area contributed by atoms with Crippen LogP contribution < -0.4 is 21.3 Å². The number of nitrogens with zero attached hydrogens (tertiary/aromatic N) is 10. The van der Waals surface area contributed by atoms with Crippen molar-refractivity contribution < 1.29 is 57.1 Å². The van der Waals surface area contributed by atoms with Crippen molar-refractivity contribution in [2.24, 2.45) is 20.0 Å². The van der Waals surface area contributed by atoms with Gasteiger partial charge in [0.15, 0.2) is 63.4 Å². The van der Waals surface area contributed by atoms with Crippen LogP contribution in [0.3, 0.4) is 0 Å². The minimum absolute atomic E-state index is 0.278. The number of alkyl halides is 6. The zero-order valence-corrected chi connectivity index (χ0v) is 24.6. The Morgan fingerprint density at radius 3 is 1.75 bits per heavy atom. The Kier molecular flexibility index (Phi) is 7.56. The number of rotatable bonds is 3. The summed E-state index contributed by atoms with van der Waals surface area (Å²) in [5.74, 6) is -19.2. The van der Waals surface area contributed by atoms with Crippen LogP contribution in [0.15, 0.2) is 59.8 Å². The summed E-state index contributed by atoms with van der Waals surface area (Å²) in [5.41, 5.74) is -7.93. The number of aliphatic imine (C=N–C) groups is 2. The molecule has 0 spiro atoms. The zero-order valence-electron chi connectivity index (χ0n) is 24.6. The van der Waals surface area contributed by atoms with Crippen LogP contribution in [-0.2, 0) is 6.18 Å². The Labute approximate surface area is 281 Å². The lowest BCUT2D eigenvalue weighted by molar-refractivity contribution is -0.140. The van der Waals surface area contributed by atoms with Crippen molar-refractivity contribution in [2.45, 2.75) is 12.4 Å². The number of hydrogen-bond donors (Lipinski definition) is 2. The molecule has 0 amide bonds. The number of nitriles is 2. The molecule has 53 heavy (non-hydrogen) atoms. The molecule has 25 heteroatoms. The lowest BCUT2D eigenvalue weighted by Gasteiger charge is -2.20. The van der Waals surface area contributed by atoms with Gasteiger partial charge < -0.3 is 15.1 Å². The summed E-state index contributed by atoms with van der Waals surface area (Å²) < 4.78 is 170. The van der Waals surface area contributed by atoms with E-state index in [1.54, 1.807) is 10.6 Å². The minimum atomic E-state index is -5.25. The average molecular weight is 752 g/mol. The maximum Gasteiger partial charge on any atom is 0.435 e. The van der Waals surface area contributed by atoms with Crippen LogP contribution in [0.25, 0.3) is 34.0 Å². The standard InChI is InChI=1S/C28H4F12N12O/c29-8-2-10-9(1-7(8)27(35,36)37)43-19(44-10)5(3-41)20-48-21(6(4-42)22-49-23-24(50-22)47-18(34)17(46-23)28(38,39)40)52-25(51-20)26-45-15-13(32)11(30)12(31)14(33)16(15)53-26/h1-2H,(H,46,49)(H,47,50)/b19-5+,22-6+. The molecule has 2 aromatic heterocycles. The van der Waals surface area contributed by atoms with E-state index in [9.17, 15) is 63.2 Å². The smallest absolute Gasteiger partial charge is 0.430 e. The summed E-state index contributed by atoms with van der Waals surface area (Å²) in [6, 6.07) is 3.69. The van der Waals surface area contributed by atoms with Gasteiger partial charge >= 0.3 is 12.4 Å². The van der Waals surface area contributed by atoms with Gasteiger partial charge in [0.2, 0.25) is 23.4 Å². The van der Waals surface area contributed by atoms with Gasteiger partial charge in [0.25, 0.3) is 5.89 Å². The van der Waals surface area contributed by atoms with Gasteiger partial charge in [-0.1, -0.05) is 0 Å². The summed E-state index contributed by atoms with van der Waals surface area (Å²) in [6.07, 6.45) is -10.4. The van der Waals surface area contributed by atoms with Crippen molar-refractivity contribution in [1.82, 2.24) is 30.6 Å². The summed E-state index contributed by atoms with van der Waals surface area (Å²) in [7, 11) is 0. The second kappa shape index (κ2) is 11.7. The average Bonchev–Trinajstić information content (AvgIpc) is 3.82. The Morgan fingerprint density at radius 2 is 1.19 bits per heavy atom. The molecule has 0 bridgehead atoms. The van der Waals surface area contributed by atoms with Crippen LogP contribution in [0.4, 0.5) is 52.7 Å². The predicted octanol–water partition coefficient (Wildman–Crippen LogP) is 4.44. The summed E-state index contributed by atoms with van der Waals surface area (Å²) in [6.45, 7) is 0. The first-order valence-corrected chi connectivity index (χ1v) is 13.6. The molecular weight excluding hydrogens is 748 g/mol. The number of benzene rings is 2. The minimum Gasteiger partial charge on any atom is -0.430 e. The normalized spacial score (nSPS) is 17.1. The lowest BCUT2D eigenvalue weighted by atomic mass is 10.2. The van der Waals surface area contributed by atoms with Gasteiger partial charge in [-0.3, -0.25) is 0 Å². The first-order valence-electron chi connectivity index (χ1n) is 13.6. The molecule has 0 radical (unpaired) electrons. The highest BCUT2D eigenvalue weighted by Gasteiger charge is 2.43. The van der Waals surface area contributed by atoms with E-state index in [0.29, 0.717) is 6.07 Å². The number of nitrogens with one attached hydrogen (secondary N) is 2. The third kappa shape index (κ3) is 5.63. The predicted molar refractivity (Wildman–Crippen MR) is 147 cm³/mol. The summed E-state index contributed by atoms with van der Waals surface area (Å²) >= 11 is 0.